The Labute approximate surface area is 134 Å². The van der Waals surface area contributed by atoms with Crippen molar-refractivity contribution in [3.8, 4) is 0 Å². The van der Waals surface area contributed by atoms with Gasteiger partial charge in [0.05, 0.1) is 36.7 Å². The second-order valence-corrected chi connectivity index (χ2v) is 7.31. The van der Waals surface area contributed by atoms with Crippen LogP contribution in [0.1, 0.15) is 15.9 Å². The number of carboxylic acid groups (broad SMARTS) is 1. The van der Waals surface area contributed by atoms with Crippen LogP contribution in [0.25, 0.3) is 0 Å². The first-order chi connectivity index (χ1) is 10.8. The predicted octanol–water partition coefficient (Wildman–Crippen LogP) is -0.848. The molecule has 0 amide bonds. The lowest BCUT2D eigenvalue weighted by molar-refractivity contribution is 0.0444. The van der Waals surface area contributed by atoms with Crippen LogP contribution < -0.4 is 10.0 Å². The van der Waals surface area contributed by atoms with Crippen molar-refractivity contribution in [1.82, 2.24) is 10.0 Å². The number of aliphatic hydroxyl groups excluding tert-OH is 1. The standard InChI is InChI=1S/C14H20N2O6S/c1-23(20,21)16-7-12-13(17)11(8-22-12)15-6-9-2-4-10(5-3-9)14(18)19/h2-5,11-13,15-17H,6-8H2,1H3,(H,18,19)/t11-,12-,13+/m1/s1. The number of ether oxygens (including phenoxy) is 1. The first kappa shape index (κ1) is 17.8. The van der Waals surface area contributed by atoms with Crippen molar-refractivity contribution in [3.63, 3.8) is 0 Å². The highest BCUT2D eigenvalue weighted by Gasteiger charge is 2.35. The molecule has 8 nitrogen and oxygen atoms in total. The molecule has 0 radical (unpaired) electrons. The number of aromatic carboxylic acids is 1. The zero-order valence-corrected chi connectivity index (χ0v) is 13.4. The Bertz CT molecular complexity index is 646. The SMILES string of the molecule is CS(=O)(=O)NC[C@H]1OC[C@@H](NCc2ccc(C(=O)O)cc2)[C@@H]1O. The molecule has 1 aromatic carbocycles. The second-order valence-electron chi connectivity index (χ2n) is 5.47. The van der Waals surface area contributed by atoms with Gasteiger partial charge in [-0.05, 0) is 17.7 Å². The molecule has 0 unspecified atom stereocenters. The minimum Gasteiger partial charge on any atom is -0.478 e. The molecule has 0 aromatic heterocycles. The normalized spacial score (nSPS) is 24.7. The molecule has 0 bridgehead atoms. The summed E-state index contributed by atoms with van der Waals surface area (Å²) in [7, 11) is -3.33. The number of sulfonamides is 1. The third kappa shape index (κ3) is 5.26. The van der Waals surface area contributed by atoms with E-state index in [0.29, 0.717) is 6.54 Å². The number of carbonyl (C=O) groups is 1. The second kappa shape index (κ2) is 7.37. The van der Waals surface area contributed by atoms with E-state index in [1.165, 1.54) is 12.1 Å². The van der Waals surface area contributed by atoms with Gasteiger partial charge >= 0.3 is 5.97 Å². The Morgan fingerprint density at radius 1 is 1.35 bits per heavy atom. The van der Waals surface area contributed by atoms with Crippen LogP contribution in [-0.4, -0.2) is 62.3 Å². The van der Waals surface area contributed by atoms with Crippen LogP contribution in [-0.2, 0) is 21.3 Å². The lowest BCUT2D eigenvalue weighted by Gasteiger charge is -2.18. The van der Waals surface area contributed by atoms with Crippen LogP contribution in [0, 0.1) is 0 Å². The summed E-state index contributed by atoms with van der Waals surface area (Å²) in [6.07, 6.45) is -0.385. The molecule has 4 N–H and O–H groups in total. The molecule has 1 aliphatic rings. The first-order valence-electron chi connectivity index (χ1n) is 7.06. The number of benzene rings is 1. The van der Waals surface area contributed by atoms with Gasteiger partial charge in [-0.2, -0.15) is 0 Å². The van der Waals surface area contributed by atoms with E-state index in [0.717, 1.165) is 11.8 Å². The Balaban J connectivity index is 1.83. The molecule has 2 rings (SSSR count). The quantitative estimate of drug-likeness (QED) is 0.508. The van der Waals surface area contributed by atoms with E-state index < -0.39 is 28.2 Å². The van der Waals surface area contributed by atoms with Gasteiger partial charge < -0.3 is 20.3 Å². The van der Waals surface area contributed by atoms with E-state index in [4.69, 9.17) is 9.84 Å². The average molecular weight is 344 g/mol. The highest BCUT2D eigenvalue weighted by atomic mass is 32.2. The Hall–Kier alpha value is -1.52. The fraction of sp³-hybridized carbons (Fsp3) is 0.500. The molecule has 0 aliphatic carbocycles. The fourth-order valence-electron chi connectivity index (χ4n) is 2.29. The molecule has 23 heavy (non-hydrogen) atoms. The topological polar surface area (TPSA) is 125 Å². The zero-order chi connectivity index (χ0) is 17.0. The summed E-state index contributed by atoms with van der Waals surface area (Å²) >= 11 is 0. The van der Waals surface area contributed by atoms with Crippen molar-refractivity contribution >= 4 is 16.0 Å². The number of carboxylic acids is 1. The molecule has 1 aliphatic heterocycles. The van der Waals surface area contributed by atoms with Crippen LogP contribution >= 0.6 is 0 Å². The molecule has 9 heteroatoms. The van der Waals surface area contributed by atoms with Crippen molar-refractivity contribution in [3.05, 3.63) is 35.4 Å². The van der Waals surface area contributed by atoms with Gasteiger partial charge in [0.15, 0.2) is 0 Å². The number of hydrogen-bond acceptors (Lipinski definition) is 6. The summed E-state index contributed by atoms with van der Waals surface area (Å²) in [4.78, 5) is 10.8. The maximum atomic E-state index is 11.1. The molecule has 3 atom stereocenters. The molecular weight excluding hydrogens is 324 g/mol. The van der Waals surface area contributed by atoms with E-state index >= 15 is 0 Å². The van der Waals surface area contributed by atoms with Gasteiger partial charge in [-0.25, -0.2) is 17.9 Å². The molecule has 1 saturated heterocycles. The Kier molecular flexibility index (Phi) is 5.71. The molecule has 128 valence electrons. The van der Waals surface area contributed by atoms with Gasteiger partial charge in [-0.1, -0.05) is 12.1 Å². The lowest BCUT2D eigenvalue weighted by atomic mass is 10.1. The molecule has 0 spiro atoms. The van der Waals surface area contributed by atoms with Gasteiger partial charge in [0.2, 0.25) is 10.0 Å². The van der Waals surface area contributed by atoms with E-state index in [1.54, 1.807) is 12.1 Å². The van der Waals surface area contributed by atoms with Gasteiger partial charge in [0, 0.05) is 13.1 Å². The summed E-state index contributed by atoms with van der Waals surface area (Å²) in [6.45, 7) is 0.729. The number of rotatable bonds is 7. The maximum absolute atomic E-state index is 11.1. The highest BCUT2D eigenvalue weighted by Crippen LogP contribution is 2.15. The number of nitrogens with one attached hydrogen (secondary N) is 2. The molecule has 1 aromatic rings. The number of hydrogen-bond donors (Lipinski definition) is 4. The molecule has 1 fully saturated rings. The van der Waals surface area contributed by atoms with Gasteiger partial charge in [-0.3, -0.25) is 0 Å². The minimum absolute atomic E-state index is 0.0193. The summed E-state index contributed by atoms with van der Waals surface area (Å²) in [5.41, 5.74) is 1.09. The smallest absolute Gasteiger partial charge is 0.335 e. The third-order valence-electron chi connectivity index (χ3n) is 3.60. The van der Waals surface area contributed by atoms with Crippen LogP contribution in [0.4, 0.5) is 0 Å². The van der Waals surface area contributed by atoms with Crippen molar-refractivity contribution < 1.29 is 28.2 Å². The molecule has 1 heterocycles. The van der Waals surface area contributed by atoms with Gasteiger partial charge in [0.1, 0.15) is 0 Å². The van der Waals surface area contributed by atoms with Crippen LogP contribution in [0.3, 0.4) is 0 Å². The Morgan fingerprint density at radius 2 is 2.00 bits per heavy atom. The molecule has 0 saturated carbocycles. The minimum atomic E-state index is -3.33. The van der Waals surface area contributed by atoms with Crippen molar-refractivity contribution in [2.75, 3.05) is 19.4 Å². The van der Waals surface area contributed by atoms with E-state index in [9.17, 15) is 18.3 Å². The third-order valence-corrected chi connectivity index (χ3v) is 4.29. The molecular formula is C14H20N2O6S. The summed E-state index contributed by atoms with van der Waals surface area (Å²) in [6, 6.07) is 6.10. The number of aliphatic hydroxyl groups is 1. The summed E-state index contributed by atoms with van der Waals surface area (Å²) in [5, 5.41) is 22.1. The Morgan fingerprint density at radius 3 is 2.57 bits per heavy atom. The van der Waals surface area contributed by atoms with E-state index in [-0.39, 0.29) is 24.8 Å². The van der Waals surface area contributed by atoms with Crippen molar-refractivity contribution in [2.45, 2.75) is 24.8 Å². The fourth-order valence-corrected chi connectivity index (χ4v) is 2.76. The zero-order valence-electron chi connectivity index (χ0n) is 12.6. The summed E-state index contributed by atoms with van der Waals surface area (Å²) in [5.74, 6) is -0.981. The first-order valence-corrected chi connectivity index (χ1v) is 8.95. The average Bonchev–Trinajstić information content (AvgIpc) is 2.83. The van der Waals surface area contributed by atoms with E-state index in [2.05, 4.69) is 10.0 Å². The van der Waals surface area contributed by atoms with Gasteiger partial charge in [-0.15, -0.1) is 0 Å². The highest BCUT2D eigenvalue weighted by molar-refractivity contribution is 7.88. The van der Waals surface area contributed by atoms with Gasteiger partial charge in [0.25, 0.3) is 0 Å². The lowest BCUT2D eigenvalue weighted by Crippen LogP contribution is -2.44. The largest absolute Gasteiger partial charge is 0.478 e. The van der Waals surface area contributed by atoms with Crippen molar-refractivity contribution in [1.29, 1.82) is 0 Å². The predicted molar refractivity (Wildman–Crippen MR) is 82.6 cm³/mol. The van der Waals surface area contributed by atoms with Crippen LogP contribution in [0.15, 0.2) is 24.3 Å². The van der Waals surface area contributed by atoms with E-state index in [1.807, 2.05) is 0 Å². The summed E-state index contributed by atoms with van der Waals surface area (Å²) < 4.78 is 29.8. The maximum Gasteiger partial charge on any atom is 0.335 e. The van der Waals surface area contributed by atoms with Crippen molar-refractivity contribution in [2.24, 2.45) is 0 Å². The van der Waals surface area contributed by atoms with Crippen LogP contribution in [0.2, 0.25) is 0 Å². The van der Waals surface area contributed by atoms with Crippen LogP contribution in [0.5, 0.6) is 0 Å². The monoisotopic (exact) mass is 344 g/mol.